The first kappa shape index (κ1) is 26.4. The van der Waals surface area contributed by atoms with Crippen molar-refractivity contribution in [1.29, 1.82) is 0 Å². The molecule has 0 spiro atoms. The number of benzene rings is 2. The molecule has 5 amide bonds. The van der Waals surface area contributed by atoms with Crippen molar-refractivity contribution in [3.8, 4) is 11.5 Å². The molecule has 1 fully saturated rings. The number of nitrogens with zero attached hydrogens (tertiary/aromatic N) is 5. The van der Waals surface area contributed by atoms with E-state index in [0.29, 0.717) is 18.8 Å². The molecule has 1 saturated heterocycles. The van der Waals surface area contributed by atoms with E-state index < -0.39 is 24.0 Å². The zero-order valence-corrected chi connectivity index (χ0v) is 20.9. The molecule has 4 rings (SSSR count). The van der Waals surface area contributed by atoms with E-state index in [1.807, 2.05) is 25.1 Å². The third-order valence-corrected chi connectivity index (χ3v) is 5.73. The first-order valence-corrected chi connectivity index (χ1v) is 11.8. The molecule has 3 aromatic rings. The number of carboxylic acid groups (broad SMARTS) is 1. The lowest BCUT2D eigenvalue weighted by Crippen LogP contribution is -2.39. The molecule has 1 aromatic heterocycles. The Bertz CT molecular complexity index is 1320. The van der Waals surface area contributed by atoms with Gasteiger partial charge < -0.3 is 20.1 Å². The first-order valence-electron chi connectivity index (χ1n) is 11.8. The van der Waals surface area contributed by atoms with Gasteiger partial charge in [-0.25, -0.2) is 28.7 Å². The molecular weight excluding hydrogens is 495 g/mol. The number of anilines is 3. The fourth-order valence-electron chi connectivity index (χ4n) is 3.77. The van der Waals surface area contributed by atoms with Gasteiger partial charge in [-0.05, 0) is 44.4 Å². The SMILES string of the molecule is CN(C)CCN(C(=O)O)c1cc(Oc2ccc(NC(=O)N3CCN(c4ccccc4)C3=O)cc2F)ccn1. The maximum absolute atomic E-state index is 14.8. The number of amides is 5. The van der Waals surface area contributed by atoms with Crippen molar-refractivity contribution >= 4 is 35.3 Å². The van der Waals surface area contributed by atoms with Crippen LogP contribution >= 0.6 is 0 Å². The fraction of sp³-hybridized carbons (Fsp3) is 0.231. The smallest absolute Gasteiger partial charge is 0.413 e. The van der Waals surface area contributed by atoms with Gasteiger partial charge in [-0.2, -0.15) is 0 Å². The summed E-state index contributed by atoms with van der Waals surface area (Å²) < 4.78 is 20.4. The summed E-state index contributed by atoms with van der Waals surface area (Å²) in [4.78, 5) is 46.6. The van der Waals surface area contributed by atoms with Gasteiger partial charge in [0, 0.05) is 49.3 Å². The second kappa shape index (κ2) is 11.6. The Morgan fingerprint density at radius 1 is 1.08 bits per heavy atom. The average molecular weight is 523 g/mol. The second-order valence-electron chi connectivity index (χ2n) is 8.69. The van der Waals surface area contributed by atoms with Gasteiger partial charge in [0.05, 0.1) is 6.54 Å². The van der Waals surface area contributed by atoms with Gasteiger partial charge in [-0.15, -0.1) is 0 Å². The lowest BCUT2D eigenvalue weighted by atomic mass is 10.3. The van der Waals surface area contributed by atoms with Crippen molar-refractivity contribution in [3.63, 3.8) is 0 Å². The van der Waals surface area contributed by atoms with Crippen molar-refractivity contribution in [2.24, 2.45) is 0 Å². The molecule has 0 unspecified atom stereocenters. The van der Waals surface area contributed by atoms with Crippen molar-refractivity contribution in [1.82, 2.24) is 14.8 Å². The van der Waals surface area contributed by atoms with E-state index in [9.17, 15) is 23.9 Å². The van der Waals surface area contributed by atoms with E-state index in [2.05, 4.69) is 10.3 Å². The molecule has 0 atom stereocenters. The van der Waals surface area contributed by atoms with E-state index >= 15 is 0 Å². The third kappa shape index (κ3) is 6.16. The molecule has 2 heterocycles. The number of carbonyl (C=O) groups excluding carboxylic acids is 2. The van der Waals surface area contributed by atoms with E-state index in [-0.39, 0.29) is 36.1 Å². The van der Waals surface area contributed by atoms with Gasteiger partial charge in [-0.3, -0.25) is 9.80 Å². The summed E-state index contributed by atoms with van der Waals surface area (Å²) in [6.07, 6.45) is 0.195. The number of aromatic nitrogens is 1. The number of pyridine rings is 1. The highest BCUT2D eigenvalue weighted by molar-refractivity contribution is 6.08. The fourth-order valence-corrected chi connectivity index (χ4v) is 3.77. The Morgan fingerprint density at radius 2 is 1.84 bits per heavy atom. The maximum atomic E-state index is 14.8. The lowest BCUT2D eigenvalue weighted by Gasteiger charge is -2.21. The lowest BCUT2D eigenvalue weighted by molar-refractivity contribution is 0.200. The highest BCUT2D eigenvalue weighted by Gasteiger charge is 2.34. The van der Waals surface area contributed by atoms with Gasteiger partial charge in [0.1, 0.15) is 11.6 Å². The van der Waals surface area contributed by atoms with Crippen LogP contribution in [0.4, 0.5) is 36.0 Å². The number of hydrogen-bond donors (Lipinski definition) is 2. The zero-order valence-electron chi connectivity index (χ0n) is 20.9. The minimum absolute atomic E-state index is 0.136. The molecule has 12 heteroatoms. The second-order valence-corrected chi connectivity index (χ2v) is 8.69. The number of rotatable bonds is 8. The summed E-state index contributed by atoms with van der Waals surface area (Å²) >= 11 is 0. The normalized spacial score (nSPS) is 13.1. The van der Waals surface area contributed by atoms with Crippen molar-refractivity contribution in [2.45, 2.75) is 0 Å². The van der Waals surface area contributed by atoms with Crippen LogP contribution in [-0.2, 0) is 0 Å². The highest BCUT2D eigenvalue weighted by Crippen LogP contribution is 2.29. The summed E-state index contributed by atoms with van der Waals surface area (Å²) in [5, 5.41) is 12.1. The number of urea groups is 2. The predicted molar refractivity (Wildman–Crippen MR) is 140 cm³/mol. The topological polar surface area (TPSA) is 119 Å². The van der Waals surface area contributed by atoms with Gasteiger partial charge in [0.25, 0.3) is 0 Å². The number of nitrogens with one attached hydrogen (secondary N) is 1. The van der Waals surface area contributed by atoms with Gasteiger partial charge in [0.2, 0.25) is 0 Å². The number of likely N-dealkylation sites (N-methyl/N-ethyl adjacent to an activating group) is 1. The monoisotopic (exact) mass is 522 g/mol. The molecule has 198 valence electrons. The molecular formula is C26H27FN6O5. The van der Waals surface area contributed by atoms with Crippen LogP contribution in [0, 0.1) is 5.82 Å². The minimum Gasteiger partial charge on any atom is -0.465 e. The molecule has 0 aliphatic carbocycles. The van der Waals surface area contributed by atoms with E-state index in [1.54, 1.807) is 24.3 Å². The Kier molecular flexibility index (Phi) is 8.02. The number of imide groups is 1. The zero-order chi connectivity index (χ0) is 27.2. The van der Waals surface area contributed by atoms with Crippen molar-refractivity contribution < 1.29 is 28.6 Å². The van der Waals surface area contributed by atoms with Crippen LogP contribution in [0.2, 0.25) is 0 Å². The number of halogens is 1. The van der Waals surface area contributed by atoms with Gasteiger partial charge in [-0.1, -0.05) is 18.2 Å². The van der Waals surface area contributed by atoms with E-state index in [4.69, 9.17) is 4.74 Å². The Balaban J connectivity index is 1.41. The van der Waals surface area contributed by atoms with E-state index in [1.165, 1.54) is 35.4 Å². The standard InChI is InChI=1S/C26H27FN6O5/c1-30(2)12-13-32(26(36)37)23-17-20(10-11-28-23)38-22-9-8-18(16-21(22)27)29-24(34)33-15-14-31(25(33)35)19-6-4-3-5-7-19/h3-11,16-17H,12-15H2,1-2H3,(H,29,34)(H,36,37). The molecule has 1 aliphatic heterocycles. The van der Waals surface area contributed by atoms with Crippen LogP contribution < -0.4 is 19.9 Å². The molecule has 0 radical (unpaired) electrons. The van der Waals surface area contributed by atoms with Crippen LogP contribution in [-0.4, -0.2) is 78.3 Å². The molecule has 11 nitrogen and oxygen atoms in total. The number of ether oxygens (including phenoxy) is 1. The minimum atomic E-state index is -1.17. The molecule has 2 aromatic carbocycles. The highest BCUT2D eigenvalue weighted by atomic mass is 19.1. The predicted octanol–water partition coefficient (Wildman–Crippen LogP) is 4.53. The molecule has 2 N–H and O–H groups in total. The van der Waals surface area contributed by atoms with E-state index in [0.717, 1.165) is 15.9 Å². The largest absolute Gasteiger partial charge is 0.465 e. The Hall–Kier alpha value is -4.71. The van der Waals surface area contributed by atoms with Crippen LogP contribution in [0.3, 0.4) is 0 Å². The Labute approximate surface area is 218 Å². The maximum Gasteiger partial charge on any atom is 0.413 e. The Morgan fingerprint density at radius 3 is 2.53 bits per heavy atom. The summed E-state index contributed by atoms with van der Waals surface area (Å²) in [5.74, 6) is -0.572. The summed E-state index contributed by atoms with van der Waals surface area (Å²) in [7, 11) is 3.65. The first-order chi connectivity index (χ1) is 18.2. The number of para-hydroxylation sites is 1. The number of carbonyl (C=O) groups is 3. The summed E-state index contributed by atoms with van der Waals surface area (Å²) in [6.45, 7) is 1.20. The van der Waals surface area contributed by atoms with Crippen LogP contribution in [0.5, 0.6) is 11.5 Å². The van der Waals surface area contributed by atoms with Crippen molar-refractivity contribution in [3.05, 3.63) is 72.7 Å². The van der Waals surface area contributed by atoms with Crippen LogP contribution in [0.1, 0.15) is 0 Å². The van der Waals surface area contributed by atoms with Gasteiger partial charge in [0.15, 0.2) is 11.6 Å². The molecule has 38 heavy (non-hydrogen) atoms. The molecule has 1 aliphatic rings. The molecule has 0 saturated carbocycles. The van der Waals surface area contributed by atoms with Crippen LogP contribution in [0.25, 0.3) is 0 Å². The summed E-state index contributed by atoms with van der Waals surface area (Å²) in [5.41, 5.74) is 0.825. The molecule has 0 bridgehead atoms. The average Bonchev–Trinajstić information content (AvgIpc) is 3.27. The van der Waals surface area contributed by atoms with Crippen molar-refractivity contribution in [2.75, 3.05) is 55.4 Å². The summed E-state index contributed by atoms with van der Waals surface area (Å²) in [6, 6.07) is 14.6. The number of hydrogen-bond acceptors (Lipinski definition) is 6. The quantitative estimate of drug-likeness (QED) is 0.446. The third-order valence-electron chi connectivity index (χ3n) is 5.73. The van der Waals surface area contributed by atoms with Crippen LogP contribution in [0.15, 0.2) is 66.9 Å². The van der Waals surface area contributed by atoms with Gasteiger partial charge >= 0.3 is 18.2 Å².